The SMILES string of the molecule is CC(=O)Nc1ccc(/C=N/NC(=O)Cc2ccc(Cl)cc2)cc1. The van der Waals surface area contributed by atoms with Crippen molar-refractivity contribution in [1.29, 1.82) is 0 Å². The number of amides is 2. The highest BCUT2D eigenvalue weighted by atomic mass is 35.5. The van der Waals surface area contributed by atoms with Crippen molar-refractivity contribution in [3.05, 3.63) is 64.7 Å². The van der Waals surface area contributed by atoms with E-state index in [1.165, 1.54) is 13.1 Å². The summed E-state index contributed by atoms with van der Waals surface area (Å²) in [6.07, 6.45) is 1.77. The van der Waals surface area contributed by atoms with E-state index in [2.05, 4.69) is 15.8 Å². The number of benzene rings is 2. The number of halogens is 1. The summed E-state index contributed by atoms with van der Waals surface area (Å²) >= 11 is 5.79. The number of hydrogen-bond donors (Lipinski definition) is 2. The van der Waals surface area contributed by atoms with Crippen molar-refractivity contribution in [1.82, 2.24) is 5.43 Å². The lowest BCUT2D eigenvalue weighted by molar-refractivity contribution is -0.120. The zero-order valence-electron chi connectivity index (χ0n) is 12.5. The van der Waals surface area contributed by atoms with Gasteiger partial charge in [0.15, 0.2) is 0 Å². The molecule has 0 bridgehead atoms. The number of rotatable bonds is 5. The summed E-state index contributed by atoms with van der Waals surface area (Å²) in [6.45, 7) is 1.45. The van der Waals surface area contributed by atoms with Gasteiger partial charge in [-0.2, -0.15) is 5.10 Å². The molecule has 118 valence electrons. The fourth-order valence-electron chi connectivity index (χ4n) is 1.86. The topological polar surface area (TPSA) is 70.6 Å². The molecule has 0 saturated carbocycles. The van der Waals surface area contributed by atoms with Gasteiger partial charge in [0.25, 0.3) is 0 Å². The van der Waals surface area contributed by atoms with Crippen LogP contribution in [0, 0.1) is 0 Å². The molecular formula is C17H16ClN3O2. The molecule has 0 aliphatic heterocycles. The fraction of sp³-hybridized carbons (Fsp3) is 0.118. The molecule has 2 N–H and O–H groups in total. The van der Waals surface area contributed by atoms with Gasteiger partial charge in [-0.15, -0.1) is 0 Å². The number of nitrogens with one attached hydrogen (secondary N) is 2. The first-order chi connectivity index (χ1) is 11.0. The van der Waals surface area contributed by atoms with E-state index in [0.717, 1.165) is 11.1 Å². The molecule has 23 heavy (non-hydrogen) atoms. The van der Waals surface area contributed by atoms with Gasteiger partial charge in [-0.1, -0.05) is 35.9 Å². The van der Waals surface area contributed by atoms with Crippen LogP contribution in [0.1, 0.15) is 18.1 Å². The Kier molecular flexibility index (Phi) is 5.88. The van der Waals surface area contributed by atoms with Crippen molar-refractivity contribution < 1.29 is 9.59 Å². The summed E-state index contributed by atoms with van der Waals surface area (Å²) in [5, 5.41) is 7.22. The van der Waals surface area contributed by atoms with Crippen LogP contribution in [-0.2, 0) is 16.0 Å². The van der Waals surface area contributed by atoms with Crippen molar-refractivity contribution >= 4 is 35.3 Å². The second kappa shape index (κ2) is 8.10. The van der Waals surface area contributed by atoms with E-state index >= 15 is 0 Å². The number of hydrogen-bond acceptors (Lipinski definition) is 3. The molecular weight excluding hydrogens is 314 g/mol. The van der Waals surface area contributed by atoms with E-state index in [9.17, 15) is 9.59 Å². The van der Waals surface area contributed by atoms with E-state index in [0.29, 0.717) is 10.7 Å². The van der Waals surface area contributed by atoms with Crippen molar-refractivity contribution in [3.63, 3.8) is 0 Å². The lowest BCUT2D eigenvalue weighted by Gasteiger charge is -2.02. The maximum atomic E-state index is 11.8. The Morgan fingerprint density at radius 1 is 1.09 bits per heavy atom. The summed E-state index contributed by atoms with van der Waals surface area (Å²) in [5.41, 5.74) is 4.85. The van der Waals surface area contributed by atoms with E-state index < -0.39 is 0 Å². The second-order valence-corrected chi connectivity index (χ2v) is 5.34. The molecule has 5 nitrogen and oxygen atoms in total. The molecule has 6 heteroatoms. The Bertz CT molecular complexity index is 710. The van der Waals surface area contributed by atoms with Crippen LogP contribution in [0.15, 0.2) is 53.6 Å². The molecule has 0 aliphatic carbocycles. The van der Waals surface area contributed by atoms with Gasteiger partial charge >= 0.3 is 0 Å². The third kappa shape index (κ3) is 5.92. The van der Waals surface area contributed by atoms with Crippen LogP contribution >= 0.6 is 11.6 Å². The first-order valence-corrected chi connectivity index (χ1v) is 7.35. The van der Waals surface area contributed by atoms with Crippen molar-refractivity contribution in [2.75, 3.05) is 5.32 Å². The zero-order valence-corrected chi connectivity index (χ0v) is 13.3. The van der Waals surface area contributed by atoms with Crippen molar-refractivity contribution in [2.45, 2.75) is 13.3 Å². The number of carbonyl (C=O) groups is 2. The second-order valence-electron chi connectivity index (χ2n) is 4.90. The Morgan fingerprint density at radius 2 is 1.74 bits per heavy atom. The van der Waals surface area contributed by atoms with Crippen LogP contribution in [0.4, 0.5) is 5.69 Å². The molecule has 2 rings (SSSR count). The first-order valence-electron chi connectivity index (χ1n) is 6.97. The molecule has 0 unspecified atom stereocenters. The molecule has 0 aromatic heterocycles. The van der Waals surface area contributed by atoms with Gasteiger partial charge in [-0.05, 0) is 35.4 Å². The van der Waals surface area contributed by atoms with Crippen molar-refractivity contribution in [2.24, 2.45) is 5.10 Å². The average Bonchev–Trinajstić information content (AvgIpc) is 2.51. The molecule has 0 atom stereocenters. The minimum absolute atomic E-state index is 0.124. The number of carbonyl (C=O) groups excluding carboxylic acids is 2. The molecule has 0 heterocycles. The summed E-state index contributed by atoms with van der Waals surface area (Å²) in [5.74, 6) is -0.334. The molecule has 0 radical (unpaired) electrons. The Morgan fingerprint density at radius 3 is 2.35 bits per heavy atom. The third-order valence-electron chi connectivity index (χ3n) is 2.91. The maximum Gasteiger partial charge on any atom is 0.244 e. The molecule has 0 saturated heterocycles. The normalized spacial score (nSPS) is 10.5. The maximum absolute atomic E-state index is 11.8. The highest BCUT2D eigenvalue weighted by Crippen LogP contribution is 2.10. The summed E-state index contributed by atoms with van der Waals surface area (Å²) in [7, 11) is 0. The van der Waals surface area contributed by atoms with Crippen LogP contribution in [0.2, 0.25) is 5.02 Å². The molecule has 0 fully saturated rings. The highest BCUT2D eigenvalue weighted by Gasteiger charge is 2.01. The third-order valence-corrected chi connectivity index (χ3v) is 3.16. The summed E-state index contributed by atoms with van der Waals surface area (Å²) in [6, 6.07) is 14.2. The van der Waals surface area contributed by atoms with Gasteiger partial charge in [0.2, 0.25) is 11.8 Å². The Labute approximate surface area is 139 Å². The lowest BCUT2D eigenvalue weighted by Crippen LogP contribution is -2.19. The molecule has 2 aromatic rings. The monoisotopic (exact) mass is 329 g/mol. The minimum atomic E-state index is -0.210. The van der Waals surface area contributed by atoms with Crippen LogP contribution < -0.4 is 10.7 Å². The van der Waals surface area contributed by atoms with Crippen LogP contribution in [0.3, 0.4) is 0 Å². The standard InChI is InChI=1S/C17H16ClN3O2/c1-12(22)20-16-8-4-14(5-9-16)11-19-21-17(23)10-13-2-6-15(18)7-3-13/h2-9,11H,10H2,1H3,(H,20,22)(H,21,23)/b19-11+. The minimum Gasteiger partial charge on any atom is -0.326 e. The first kappa shape index (κ1) is 16.7. The van der Waals surface area contributed by atoms with Gasteiger partial charge < -0.3 is 5.32 Å². The van der Waals surface area contributed by atoms with Crippen LogP contribution in [-0.4, -0.2) is 18.0 Å². The van der Waals surface area contributed by atoms with Gasteiger partial charge in [0, 0.05) is 17.6 Å². The Hall–Kier alpha value is -2.66. The predicted octanol–water partition coefficient (Wildman–Crippen LogP) is 2.99. The van der Waals surface area contributed by atoms with Crippen LogP contribution in [0.5, 0.6) is 0 Å². The summed E-state index contributed by atoms with van der Waals surface area (Å²) < 4.78 is 0. The smallest absolute Gasteiger partial charge is 0.244 e. The Balaban J connectivity index is 1.84. The average molecular weight is 330 g/mol. The van der Waals surface area contributed by atoms with Gasteiger partial charge in [-0.3, -0.25) is 9.59 Å². The molecule has 2 amide bonds. The fourth-order valence-corrected chi connectivity index (χ4v) is 1.99. The predicted molar refractivity (Wildman–Crippen MR) is 91.6 cm³/mol. The largest absolute Gasteiger partial charge is 0.326 e. The van der Waals surface area contributed by atoms with Gasteiger partial charge in [0.05, 0.1) is 12.6 Å². The van der Waals surface area contributed by atoms with Gasteiger partial charge in [0.1, 0.15) is 0 Å². The van der Waals surface area contributed by atoms with Gasteiger partial charge in [-0.25, -0.2) is 5.43 Å². The van der Waals surface area contributed by atoms with E-state index in [4.69, 9.17) is 11.6 Å². The quantitative estimate of drug-likeness (QED) is 0.654. The number of anilines is 1. The summed E-state index contributed by atoms with van der Waals surface area (Å²) in [4.78, 5) is 22.7. The molecule has 2 aromatic carbocycles. The zero-order chi connectivity index (χ0) is 16.7. The number of hydrazone groups is 1. The van der Waals surface area contributed by atoms with Crippen LogP contribution in [0.25, 0.3) is 0 Å². The molecule has 0 aliphatic rings. The van der Waals surface area contributed by atoms with Crippen molar-refractivity contribution in [3.8, 4) is 0 Å². The van der Waals surface area contributed by atoms with E-state index in [1.54, 1.807) is 48.5 Å². The molecule has 0 spiro atoms. The van der Waals surface area contributed by atoms with E-state index in [1.807, 2.05) is 0 Å². The van der Waals surface area contributed by atoms with E-state index in [-0.39, 0.29) is 18.2 Å². The lowest BCUT2D eigenvalue weighted by atomic mass is 10.1. The number of nitrogens with zero attached hydrogens (tertiary/aromatic N) is 1. The highest BCUT2D eigenvalue weighted by molar-refractivity contribution is 6.30.